The lowest BCUT2D eigenvalue weighted by molar-refractivity contribution is 0.174. The van der Waals surface area contributed by atoms with E-state index in [2.05, 4.69) is 10.1 Å². The van der Waals surface area contributed by atoms with Crippen LogP contribution >= 0.6 is 11.8 Å². The van der Waals surface area contributed by atoms with Gasteiger partial charge in [-0.05, 0) is 31.0 Å². The number of aromatic nitrogens is 4. The SMILES string of the molecule is COc1cccc(-c2noc(CSc3nc4cc5c(cc4c(=O)n3C3CC3)OCO5)n2)c1. The van der Waals surface area contributed by atoms with Gasteiger partial charge in [0.25, 0.3) is 5.56 Å². The summed E-state index contributed by atoms with van der Waals surface area (Å²) in [7, 11) is 1.61. The molecule has 2 aromatic heterocycles. The summed E-state index contributed by atoms with van der Waals surface area (Å²) >= 11 is 1.41. The molecule has 0 bridgehead atoms. The first-order valence-electron chi connectivity index (χ1n) is 10.2. The number of thioether (sulfide) groups is 1. The molecule has 0 amide bonds. The fourth-order valence-corrected chi connectivity index (χ4v) is 4.55. The van der Waals surface area contributed by atoms with E-state index < -0.39 is 0 Å². The summed E-state index contributed by atoms with van der Waals surface area (Å²) in [6, 6.07) is 11.1. The molecule has 0 N–H and O–H groups in total. The lowest BCUT2D eigenvalue weighted by Crippen LogP contribution is -2.22. The van der Waals surface area contributed by atoms with Gasteiger partial charge in [-0.2, -0.15) is 4.98 Å². The van der Waals surface area contributed by atoms with E-state index in [0.29, 0.717) is 45.0 Å². The minimum Gasteiger partial charge on any atom is -0.497 e. The molecule has 1 aliphatic carbocycles. The van der Waals surface area contributed by atoms with Crippen molar-refractivity contribution >= 4 is 22.7 Å². The zero-order valence-corrected chi connectivity index (χ0v) is 17.9. The van der Waals surface area contributed by atoms with Gasteiger partial charge in [0, 0.05) is 17.7 Å². The fraction of sp³-hybridized carbons (Fsp3) is 0.273. The van der Waals surface area contributed by atoms with Crippen LogP contribution in [0, 0.1) is 0 Å². The molecule has 2 aliphatic rings. The molecule has 10 heteroatoms. The number of methoxy groups -OCH3 is 1. The van der Waals surface area contributed by atoms with Crippen molar-refractivity contribution in [1.29, 1.82) is 0 Å². The summed E-state index contributed by atoms with van der Waals surface area (Å²) in [5.41, 5.74) is 1.32. The maximum absolute atomic E-state index is 13.2. The maximum atomic E-state index is 13.2. The number of hydrogen-bond acceptors (Lipinski definition) is 9. The third kappa shape index (κ3) is 3.36. The van der Waals surface area contributed by atoms with Gasteiger partial charge in [-0.1, -0.05) is 29.1 Å². The first-order valence-corrected chi connectivity index (χ1v) is 11.1. The first-order chi connectivity index (χ1) is 15.7. The summed E-state index contributed by atoms with van der Waals surface area (Å²) in [4.78, 5) is 22.5. The average Bonchev–Trinajstić information content (AvgIpc) is 3.35. The van der Waals surface area contributed by atoms with E-state index in [1.54, 1.807) is 23.8 Å². The van der Waals surface area contributed by atoms with Crippen LogP contribution < -0.4 is 19.8 Å². The Kier molecular flexibility index (Phi) is 4.53. The summed E-state index contributed by atoms with van der Waals surface area (Å²) in [5.74, 6) is 3.23. The second-order valence-electron chi connectivity index (χ2n) is 7.56. The number of rotatable bonds is 6. The van der Waals surface area contributed by atoms with Crippen LogP contribution in [-0.4, -0.2) is 33.6 Å². The second-order valence-corrected chi connectivity index (χ2v) is 8.50. The Morgan fingerprint density at radius 1 is 1.16 bits per heavy atom. The van der Waals surface area contributed by atoms with Crippen LogP contribution in [0.15, 0.2) is 50.9 Å². The molecule has 0 radical (unpaired) electrons. The van der Waals surface area contributed by atoms with Crippen LogP contribution in [0.4, 0.5) is 0 Å². The standard InChI is InChI=1S/C22H18N4O5S/c1-28-14-4-2-3-12(7-14)20-24-19(31-25-20)10-32-22-23-16-9-18-17(29-11-30-18)8-15(16)21(27)26(22)13-5-6-13/h2-4,7-9,13H,5-6,10-11H2,1H3. The molecule has 162 valence electrons. The molecule has 3 heterocycles. The molecule has 1 aliphatic heterocycles. The number of ether oxygens (including phenoxy) is 3. The van der Waals surface area contributed by atoms with Gasteiger partial charge in [0.2, 0.25) is 18.5 Å². The average molecular weight is 450 g/mol. The zero-order valence-electron chi connectivity index (χ0n) is 17.1. The Balaban J connectivity index is 1.31. The third-order valence-corrected chi connectivity index (χ3v) is 6.33. The molecular weight excluding hydrogens is 432 g/mol. The van der Waals surface area contributed by atoms with Crippen LogP contribution in [-0.2, 0) is 5.75 Å². The Labute approximate surface area is 186 Å². The minimum absolute atomic E-state index is 0.0686. The fourth-order valence-electron chi connectivity index (χ4n) is 3.64. The number of benzene rings is 2. The maximum Gasteiger partial charge on any atom is 0.262 e. The number of fused-ring (bicyclic) bond motifs is 2. The highest BCUT2D eigenvalue weighted by Gasteiger charge is 2.29. The summed E-state index contributed by atoms with van der Waals surface area (Å²) < 4.78 is 23.3. The highest BCUT2D eigenvalue weighted by Crippen LogP contribution is 2.39. The lowest BCUT2D eigenvalue weighted by atomic mass is 10.2. The van der Waals surface area contributed by atoms with Crippen LogP contribution in [0.2, 0.25) is 0 Å². The van der Waals surface area contributed by atoms with E-state index in [9.17, 15) is 4.79 Å². The van der Waals surface area contributed by atoms with E-state index in [4.69, 9.17) is 23.7 Å². The normalized spacial score (nSPS) is 14.8. The van der Waals surface area contributed by atoms with Crippen LogP contribution in [0.5, 0.6) is 17.2 Å². The Morgan fingerprint density at radius 2 is 2.00 bits per heavy atom. The topological polar surface area (TPSA) is 102 Å². The largest absolute Gasteiger partial charge is 0.497 e. The van der Waals surface area contributed by atoms with Gasteiger partial charge in [0.1, 0.15) is 5.75 Å². The number of nitrogens with zero attached hydrogens (tertiary/aromatic N) is 4. The molecule has 9 nitrogen and oxygen atoms in total. The zero-order chi connectivity index (χ0) is 21.7. The smallest absolute Gasteiger partial charge is 0.262 e. The quantitative estimate of drug-likeness (QED) is 0.320. The van der Waals surface area contributed by atoms with E-state index in [0.717, 1.165) is 24.2 Å². The van der Waals surface area contributed by atoms with Crippen molar-refractivity contribution in [2.45, 2.75) is 29.8 Å². The van der Waals surface area contributed by atoms with Gasteiger partial charge in [-0.3, -0.25) is 9.36 Å². The third-order valence-electron chi connectivity index (χ3n) is 5.40. The van der Waals surface area contributed by atoms with Crippen molar-refractivity contribution in [3.63, 3.8) is 0 Å². The predicted octanol–water partition coefficient (Wildman–Crippen LogP) is 3.81. The minimum atomic E-state index is -0.0686. The van der Waals surface area contributed by atoms with E-state index in [-0.39, 0.29) is 18.4 Å². The Hall–Kier alpha value is -3.53. The molecule has 1 fully saturated rings. The molecule has 0 atom stereocenters. The van der Waals surface area contributed by atoms with E-state index in [1.807, 2.05) is 24.3 Å². The highest BCUT2D eigenvalue weighted by atomic mass is 32.2. The van der Waals surface area contributed by atoms with Crippen molar-refractivity contribution < 1.29 is 18.7 Å². The lowest BCUT2D eigenvalue weighted by Gasteiger charge is -2.12. The van der Waals surface area contributed by atoms with Gasteiger partial charge in [-0.25, -0.2) is 4.98 Å². The van der Waals surface area contributed by atoms with Gasteiger partial charge in [0.05, 0.1) is 23.8 Å². The number of hydrogen-bond donors (Lipinski definition) is 0. The van der Waals surface area contributed by atoms with Crippen molar-refractivity contribution in [3.8, 4) is 28.6 Å². The first kappa shape index (κ1) is 19.2. The van der Waals surface area contributed by atoms with Gasteiger partial charge < -0.3 is 18.7 Å². The van der Waals surface area contributed by atoms with Crippen LogP contribution in [0.25, 0.3) is 22.3 Å². The molecule has 4 aromatic rings. The van der Waals surface area contributed by atoms with Gasteiger partial charge in [-0.15, -0.1) is 0 Å². The Bertz CT molecular complexity index is 1400. The van der Waals surface area contributed by atoms with E-state index >= 15 is 0 Å². The second kappa shape index (κ2) is 7.56. The van der Waals surface area contributed by atoms with Gasteiger partial charge in [0.15, 0.2) is 16.7 Å². The monoisotopic (exact) mass is 450 g/mol. The van der Waals surface area contributed by atoms with Crippen molar-refractivity contribution in [3.05, 3.63) is 52.6 Å². The molecular formula is C22H18N4O5S. The van der Waals surface area contributed by atoms with Crippen LogP contribution in [0.3, 0.4) is 0 Å². The molecule has 32 heavy (non-hydrogen) atoms. The Morgan fingerprint density at radius 3 is 2.81 bits per heavy atom. The highest BCUT2D eigenvalue weighted by molar-refractivity contribution is 7.98. The van der Waals surface area contributed by atoms with Crippen molar-refractivity contribution in [2.75, 3.05) is 13.9 Å². The van der Waals surface area contributed by atoms with Crippen LogP contribution in [0.1, 0.15) is 24.8 Å². The summed E-state index contributed by atoms with van der Waals surface area (Å²) in [6.45, 7) is 0.150. The summed E-state index contributed by atoms with van der Waals surface area (Å²) in [6.07, 6.45) is 1.93. The predicted molar refractivity (Wildman–Crippen MR) is 116 cm³/mol. The van der Waals surface area contributed by atoms with Crippen molar-refractivity contribution in [2.24, 2.45) is 0 Å². The summed E-state index contributed by atoms with van der Waals surface area (Å²) in [5, 5.41) is 5.24. The van der Waals surface area contributed by atoms with E-state index in [1.165, 1.54) is 11.8 Å². The molecule has 2 aromatic carbocycles. The molecule has 0 spiro atoms. The van der Waals surface area contributed by atoms with Gasteiger partial charge >= 0.3 is 0 Å². The molecule has 0 saturated heterocycles. The van der Waals surface area contributed by atoms with Crippen molar-refractivity contribution in [1.82, 2.24) is 19.7 Å². The molecule has 0 unspecified atom stereocenters. The molecule has 1 saturated carbocycles. The molecule has 6 rings (SSSR count).